The predicted octanol–water partition coefficient (Wildman–Crippen LogP) is 5.14. The lowest BCUT2D eigenvalue weighted by Crippen LogP contribution is -2.16. The number of esters is 1. The Morgan fingerprint density at radius 2 is 1.42 bits per heavy atom. The Balaban J connectivity index is 3.41. The zero-order chi connectivity index (χ0) is 17.9. The number of ether oxygens (including phenoxy) is 1. The van der Waals surface area contributed by atoms with Crippen LogP contribution in [-0.2, 0) is 9.53 Å². The first-order valence-electron chi connectivity index (χ1n) is 9.93. The van der Waals surface area contributed by atoms with Crippen molar-refractivity contribution in [2.75, 3.05) is 13.2 Å². The molecule has 0 rings (SSSR count). The molecule has 0 heterocycles. The number of aliphatic hydroxyl groups is 1. The van der Waals surface area contributed by atoms with Crippen LogP contribution in [0.4, 0.5) is 0 Å². The van der Waals surface area contributed by atoms with Crippen molar-refractivity contribution in [2.45, 2.75) is 96.8 Å². The molecule has 1 unspecified atom stereocenters. The normalized spacial score (nSPS) is 11.9. The van der Waals surface area contributed by atoms with Gasteiger partial charge in [0.1, 0.15) is 5.92 Å². The van der Waals surface area contributed by atoms with E-state index in [1.54, 1.807) is 0 Å². The lowest BCUT2D eigenvalue weighted by Gasteiger charge is -2.09. The summed E-state index contributed by atoms with van der Waals surface area (Å²) in [4.78, 5) is 11.7. The summed E-state index contributed by atoms with van der Waals surface area (Å²) >= 11 is 0. The van der Waals surface area contributed by atoms with Gasteiger partial charge in [-0.05, 0) is 19.3 Å². The first-order valence-corrected chi connectivity index (χ1v) is 9.93. The molecule has 0 bridgehead atoms. The standard InChI is InChI=1S/C20H37NO3/c1-2-3-17-24-20(23)19(18-21)15-13-11-9-7-5-4-6-8-10-12-14-16-22/h19,22H,2-17H2,1H3. The maximum atomic E-state index is 11.7. The molecule has 0 fully saturated rings. The Bertz CT molecular complexity index is 325. The van der Waals surface area contributed by atoms with E-state index in [2.05, 4.69) is 6.07 Å². The Morgan fingerprint density at radius 3 is 1.88 bits per heavy atom. The molecule has 0 aromatic rings. The third kappa shape index (κ3) is 14.5. The number of hydrogen-bond acceptors (Lipinski definition) is 4. The molecule has 0 amide bonds. The van der Waals surface area contributed by atoms with Gasteiger partial charge in [-0.3, -0.25) is 4.79 Å². The second-order valence-corrected chi connectivity index (χ2v) is 6.60. The highest BCUT2D eigenvalue weighted by Crippen LogP contribution is 2.15. The Hall–Kier alpha value is -1.08. The maximum Gasteiger partial charge on any atom is 0.323 e. The molecule has 0 aliphatic heterocycles. The summed E-state index contributed by atoms with van der Waals surface area (Å²) in [5, 5.41) is 17.8. The van der Waals surface area contributed by atoms with Crippen molar-refractivity contribution < 1.29 is 14.6 Å². The average molecular weight is 340 g/mol. The molecule has 140 valence electrons. The lowest BCUT2D eigenvalue weighted by atomic mass is 10.0. The van der Waals surface area contributed by atoms with Crippen LogP contribution in [0.25, 0.3) is 0 Å². The van der Waals surface area contributed by atoms with Crippen molar-refractivity contribution in [2.24, 2.45) is 5.92 Å². The maximum absolute atomic E-state index is 11.7. The van der Waals surface area contributed by atoms with E-state index in [-0.39, 0.29) is 5.97 Å². The van der Waals surface area contributed by atoms with E-state index in [0.29, 0.717) is 19.6 Å². The number of hydrogen-bond donors (Lipinski definition) is 1. The molecule has 4 nitrogen and oxygen atoms in total. The Kier molecular flexibility index (Phi) is 17.4. The van der Waals surface area contributed by atoms with E-state index in [4.69, 9.17) is 15.1 Å². The van der Waals surface area contributed by atoms with Crippen LogP contribution < -0.4 is 0 Å². The molecule has 0 radical (unpaired) electrons. The molecule has 0 saturated carbocycles. The van der Waals surface area contributed by atoms with Gasteiger partial charge in [0.15, 0.2) is 0 Å². The van der Waals surface area contributed by atoms with E-state index < -0.39 is 5.92 Å². The fourth-order valence-electron chi connectivity index (χ4n) is 2.70. The van der Waals surface area contributed by atoms with Gasteiger partial charge in [-0.15, -0.1) is 0 Å². The summed E-state index contributed by atoms with van der Waals surface area (Å²) in [5.74, 6) is -0.923. The number of rotatable bonds is 17. The summed E-state index contributed by atoms with van der Waals surface area (Å²) in [6.07, 6.45) is 15.4. The SMILES string of the molecule is CCCCOC(=O)C(C#N)CCCCCCCCCCCCCO. The molecule has 0 aromatic carbocycles. The highest BCUT2D eigenvalue weighted by atomic mass is 16.5. The summed E-state index contributed by atoms with van der Waals surface area (Å²) in [6.45, 7) is 2.81. The molecule has 0 aromatic heterocycles. The van der Waals surface area contributed by atoms with Crippen molar-refractivity contribution >= 4 is 5.97 Å². The molecule has 24 heavy (non-hydrogen) atoms. The van der Waals surface area contributed by atoms with Gasteiger partial charge in [-0.2, -0.15) is 5.26 Å². The predicted molar refractivity (Wildman–Crippen MR) is 97.5 cm³/mol. The number of aliphatic hydroxyl groups excluding tert-OH is 1. The quantitative estimate of drug-likeness (QED) is 0.294. The number of carbonyl (C=O) groups is 1. The van der Waals surface area contributed by atoms with Gasteiger partial charge in [-0.1, -0.05) is 77.6 Å². The minimum atomic E-state index is -0.583. The van der Waals surface area contributed by atoms with Crippen LogP contribution in [-0.4, -0.2) is 24.3 Å². The average Bonchev–Trinajstić information content (AvgIpc) is 2.59. The first-order chi connectivity index (χ1) is 11.8. The Labute approximate surface area is 148 Å². The van der Waals surface area contributed by atoms with Crippen molar-refractivity contribution in [1.29, 1.82) is 5.26 Å². The number of nitriles is 1. The van der Waals surface area contributed by atoms with Crippen molar-refractivity contribution in [3.63, 3.8) is 0 Å². The second-order valence-electron chi connectivity index (χ2n) is 6.60. The van der Waals surface area contributed by atoms with E-state index in [9.17, 15) is 4.79 Å². The van der Waals surface area contributed by atoms with Crippen LogP contribution in [0.3, 0.4) is 0 Å². The summed E-state index contributed by atoms with van der Waals surface area (Å²) in [7, 11) is 0. The first kappa shape index (κ1) is 22.9. The van der Waals surface area contributed by atoms with Crippen LogP contribution in [0.15, 0.2) is 0 Å². The summed E-state index contributed by atoms with van der Waals surface area (Å²) < 4.78 is 5.12. The van der Waals surface area contributed by atoms with Gasteiger partial charge in [0.05, 0.1) is 12.7 Å². The molecular formula is C20H37NO3. The lowest BCUT2D eigenvalue weighted by molar-refractivity contribution is -0.146. The van der Waals surface area contributed by atoms with Crippen LogP contribution in [0.1, 0.15) is 96.8 Å². The third-order valence-corrected chi connectivity index (χ3v) is 4.33. The zero-order valence-corrected chi connectivity index (χ0v) is 15.6. The van der Waals surface area contributed by atoms with Crippen molar-refractivity contribution in [1.82, 2.24) is 0 Å². The fourth-order valence-corrected chi connectivity index (χ4v) is 2.70. The van der Waals surface area contributed by atoms with Gasteiger partial charge in [0, 0.05) is 6.61 Å². The molecule has 4 heteroatoms. The van der Waals surface area contributed by atoms with Crippen molar-refractivity contribution in [3.05, 3.63) is 0 Å². The fraction of sp³-hybridized carbons (Fsp3) is 0.900. The van der Waals surface area contributed by atoms with Gasteiger partial charge < -0.3 is 9.84 Å². The number of nitrogens with zero attached hydrogens (tertiary/aromatic N) is 1. The van der Waals surface area contributed by atoms with E-state index in [1.807, 2.05) is 6.92 Å². The van der Waals surface area contributed by atoms with Crippen LogP contribution in [0, 0.1) is 17.2 Å². The monoisotopic (exact) mass is 339 g/mol. The molecular weight excluding hydrogens is 302 g/mol. The molecule has 1 N–H and O–H groups in total. The topological polar surface area (TPSA) is 70.3 Å². The third-order valence-electron chi connectivity index (χ3n) is 4.33. The Morgan fingerprint density at radius 1 is 0.917 bits per heavy atom. The molecule has 0 aliphatic rings. The highest BCUT2D eigenvalue weighted by molar-refractivity contribution is 5.75. The highest BCUT2D eigenvalue weighted by Gasteiger charge is 2.18. The second kappa shape index (κ2) is 18.3. The smallest absolute Gasteiger partial charge is 0.323 e. The summed E-state index contributed by atoms with van der Waals surface area (Å²) in [6, 6.07) is 2.08. The number of carbonyl (C=O) groups excluding carboxylic acids is 1. The minimum Gasteiger partial charge on any atom is -0.465 e. The summed E-state index contributed by atoms with van der Waals surface area (Å²) in [5.41, 5.74) is 0. The van der Waals surface area contributed by atoms with E-state index in [1.165, 1.54) is 44.9 Å². The van der Waals surface area contributed by atoms with Gasteiger partial charge in [0.25, 0.3) is 0 Å². The van der Waals surface area contributed by atoms with E-state index in [0.717, 1.165) is 38.5 Å². The van der Waals surface area contributed by atoms with Gasteiger partial charge in [-0.25, -0.2) is 0 Å². The molecule has 0 saturated heterocycles. The van der Waals surface area contributed by atoms with Crippen LogP contribution in [0.2, 0.25) is 0 Å². The molecule has 0 spiro atoms. The van der Waals surface area contributed by atoms with Gasteiger partial charge >= 0.3 is 5.97 Å². The molecule has 1 atom stereocenters. The van der Waals surface area contributed by atoms with Crippen LogP contribution >= 0.6 is 0 Å². The number of unbranched alkanes of at least 4 members (excludes halogenated alkanes) is 11. The molecule has 0 aliphatic carbocycles. The van der Waals surface area contributed by atoms with Crippen LogP contribution in [0.5, 0.6) is 0 Å². The zero-order valence-electron chi connectivity index (χ0n) is 15.6. The largest absolute Gasteiger partial charge is 0.465 e. The van der Waals surface area contributed by atoms with E-state index >= 15 is 0 Å². The minimum absolute atomic E-state index is 0.323. The van der Waals surface area contributed by atoms with Gasteiger partial charge in [0.2, 0.25) is 0 Å². The van der Waals surface area contributed by atoms with Crippen molar-refractivity contribution in [3.8, 4) is 6.07 Å².